The number of carbonyl (C=O) groups is 2. The van der Waals surface area contributed by atoms with Crippen LogP contribution in [0.3, 0.4) is 0 Å². The molecule has 0 heterocycles. The molecule has 0 amide bonds. The molecule has 0 radical (unpaired) electrons. The molecule has 2 aliphatic rings. The van der Waals surface area contributed by atoms with Gasteiger partial charge in [0.25, 0.3) is 0 Å². The quantitative estimate of drug-likeness (QED) is 0.379. The van der Waals surface area contributed by atoms with Crippen LogP contribution >= 0.6 is 0 Å². The molecule has 0 unspecified atom stereocenters. The van der Waals surface area contributed by atoms with E-state index in [1.165, 1.54) is 51.4 Å². The van der Waals surface area contributed by atoms with E-state index >= 15 is 0 Å². The number of unbranched alkanes of at least 4 members (excludes halogenated alkanes) is 2. The Labute approximate surface area is 141 Å². The van der Waals surface area contributed by atoms with Crippen molar-refractivity contribution in [2.45, 2.75) is 84.5 Å². The summed E-state index contributed by atoms with van der Waals surface area (Å²) in [5, 5.41) is 0. The standard InChI is InChI=1S/C20H34O3/c1-3-5-6-7-15-8-10-16(11-9-15)17-12-13-18(19(21)14-17)20(22)23-4-2/h15-18H,3-14H2,1-2H3/t15?,16?,17-,18-/m1/s1. The van der Waals surface area contributed by atoms with Crippen LogP contribution in [0, 0.1) is 23.7 Å². The molecular formula is C20H34O3. The highest BCUT2D eigenvalue weighted by Gasteiger charge is 2.38. The minimum Gasteiger partial charge on any atom is -0.465 e. The van der Waals surface area contributed by atoms with Crippen molar-refractivity contribution in [3.05, 3.63) is 0 Å². The summed E-state index contributed by atoms with van der Waals surface area (Å²) in [5.74, 6) is 1.51. The van der Waals surface area contributed by atoms with Crippen molar-refractivity contribution < 1.29 is 14.3 Å². The zero-order valence-corrected chi connectivity index (χ0v) is 15.0. The Morgan fingerprint density at radius 2 is 1.70 bits per heavy atom. The minimum absolute atomic E-state index is 0.129. The summed E-state index contributed by atoms with van der Waals surface area (Å²) < 4.78 is 5.03. The molecule has 23 heavy (non-hydrogen) atoms. The van der Waals surface area contributed by atoms with E-state index < -0.39 is 5.92 Å². The van der Waals surface area contributed by atoms with Crippen LogP contribution in [0.1, 0.15) is 84.5 Å². The highest BCUT2D eigenvalue weighted by atomic mass is 16.5. The Bertz CT molecular complexity index is 382. The zero-order valence-electron chi connectivity index (χ0n) is 15.0. The Morgan fingerprint density at radius 3 is 2.30 bits per heavy atom. The van der Waals surface area contributed by atoms with Crippen LogP contribution < -0.4 is 0 Å². The van der Waals surface area contributed by atoms with E-state index in [1.54, 1.807) is 6.92 Å². The molecule has 0 aromatic heterocycles. The van der Waals surface area contributed by atoms with Gasteiger partial charge in [-0.25, -0.2) is 0 Å². The molecule has 0 N–H and O–H groups in total. The first-order valence-corrected chi connectivity index (χ1v) is 9.85. The largest absolute Gasteiger partial charge is 0.465 e. The van der Waals surface area contributed by atoms with Gasteiger partial charge >= 0.3 is 5.97 Å². The Kier molecular flexibility index (Phi) is 7.58. The molecule has 2 atom stereocenters. The van der Waals surface area contributed by atoms with Gasteiger partial charge in [-0.3, -0.25) is 9.59 Å². The van der Waals surface area contributed by atoms with Gasteiger partial charge in [0, 0.05) is 6.42 Å². The van der Waals surface area contributed by atoms with E-state index in [2.05, 4.69) is 6.92 Å². The van der Waals surface area contributed by atoms with Gasteiger partial charge in [-0.15, -0.1) is 0 Å². The molecule has 0 aromatic rings. The predicted molar refractivity (Wildman–Crippen MR) is 92.1 cm³/mol. The van der Waals surface area contributed by atoms with Crippen LogP contribution in [0.2, 0.25) is 0 Å². The van der Waals surface area contributed by atoms with Crippen molar-refractivity contribution >= 4 is 11.8 Å². The third-order valence-electron chi connectivity index (χ3n) is 6.02. The first-order chi connectivity index (χ1) is 11.2. The van der Waals surface area contributed by atoms with E-state index in [0.29, 0.717) is 31.3 Å². The molecule has 3 nitrogen and oxygen atoms in total. The van der Waals surface area contributed by atoms with Gasteiger partial charge < -0.3 is 4.74 Å². The van der Waals surface area contributed by atoms with Crippen molar-refractivity contribution in [2.75, 3.05) is 6.61 Å². The van der Waals surface area contributed by atoms with Gasteiger partial charge in [-0.1, -0.05) is 45.4 Å². The Balaban J connectivity index is 1.73. The number of hydrogen-bond acceptors (Lipinski definition) is 3. The number of carbonyl (C=O) groups excluding carboxylic acids is 2. The third kappa shape index (κ3) is 5.32. The minimum atomic E-state index is -0.475. The van der Waals surface area contributed by atoms with Crippen molar-refractivity contribution in [1.82, 2.24) is 0 Å². The van der Waals surface area contributed by atoms with Crippen LogP contribution in [0.15, 0.2) is 0 Å². The molecule has 0 aliphatic heterocycles. The number of rotatable bonds is 7. The van der Waals surface area contributed by atoms with E-state index in [-0.39, 0.29) is 11.8 Å². The van der Waals surface area contributed by atoms with Crippen molar-refractivity contribution in [3.63, 3.8) is 0 Å². The molecule has 2 rings (SSSR count). The number of ketones is 1. The van der Waals surface area contributed by atoms with Crippen molar-refractivity contribution in [3.8, 4) is 0 Å². The van der Waals surface area contributed by atoms with Crippen LogP contribution in [-0.4, -0.2) is 18.4 Å². The van der Waals surface area contributed by atoms with E-state index in [1.807, 2.05) is 0 Å². The first-order valence-electron chi connectivity index (χ1n) is 9.85. The molecule has 0 bridgehead atoms. The smallest absolute Gasteiger partial charge is 0.316 e. The lowest BCUT2D eigenvalue weighted by Crippen LogP contribution is -2.35. The molecule has 2 saturated carbocycles. The number of esters is 1. The molecule has 2 aliphatic carbocycles. The monoisotopic (exact) mass is 322 g/mol. The molecule has 0 spiro atoms. The van der Waals surface area contributed by atoms with Gasteiger partial charge in [0.2, 0.25) is 0 Å². The average Bonchev–Trinajstić information content (AvgIpc) is 2.56. The second-order valence-corrected chi connectivity index (χ2v) is 7.59. The highest BCUT2D eigenvalue weighted by molar-refractivity contribution is 5.99. The number of ether oxygens (including phenoxy) is 1. The molecule has 3 heteroatoms. The van der Waals surface area contributed by atoms with Gasteiger partial charge in [-0.2, -0.15) is 0 Å². The summed E-state index contributed by atoms with van der Waals surface area (Å²) in [6.45, 7) is 4.43. The summed E-state index contributed by atoms with van der Waals surface area (Å²) in [6.07, 6.45) is 13.1. The van der Waals surface area contributed by atoms with Crippen LogP contribution in [0.4, 0.5) is 0 Å². The lowest BCUT2D eigenvalue weighted by atomic mass is 9.68. The van der Waals surface area contributed by atoms with Gasteiger partial charge in [-0.05, 0) is 50.4 Å². The molecule has 132 valence electrons. The zero-order chi connectivity index (χ0) is 16.7. The Hall–Kier alpha value is -0.860. The van der Waals surface area contributed by atoms with Gasteiger partial charge in [0.15, 0.2) is 0 Å². The second kappa shape index (κ2) is 9.44. The summed E-state index contributed by atoms with van der Waals surface area (Å²) in [7, 11) is 0. The molecule has 2 fully saturated rings. The van der Waals surface area contributed by atoms with Crippen molar-refractivity contribution in [1.29, 1.82) is 0 Å². The molecular weight excluding hydrogens is 288 g/mol. The summed E-state index contributed by atoms with van der Waals surface area (Å²) in [4.78, 5) is 24.1. The summed E-state index contributed by atoms with van der Waals surface area (Å²) >= 11 is 0. The fraction of sp³-hybridized carbons (Fsp3) is 0.900. The topological polar surface area (TPSA) is 43.4 Å². The number of Topliss-reactive ketones (excluding diaryl/α,β-unsaturated/α-hetero) is 1. The van der Waals surface area contributed by atoms with Crippen LogP contribution in [-0.2, 0) is 14.3 Å². The maximum Gasteiger partial charge on any atom is 0.316 e. The highest BCUT2D eigenvalue weighted by Crippen LogP contribution is 2.41. The molecule has 0 aromatic carbocycles. The normalized spacial score (nSPS) is 31.8. The maximum atomic E-state index is 12.3. The Morgan fingerprint density at radius 1 is 1.00 bits per heavy atom. The van der Waals surface area contributed by atoms with Crippen LogP contribution in [0.25, 0.3) is 0 Å². The second-order valence-electron chi connectivity index (χ2n) is 7.59. The van der Waals surface area contributed by atoms with Crippen LogP contribution in [0.5, 0.6) is 0 Å². The van der Waals surface area contributed by atoms with Crippen molar-refractivity contribution in [2.24, 2.45) is 23.7 Å². The first kappa shape index (κ1) is 18.5. The van der Waals surface area contributed by atoms with Gasteiger partial charge in [0.05, 0.1) is 6.61 Å². The lowest BCUT2D eigenvalue weighted by Gasteiger charge is -2.36. The van der Waals surface area contributed by atoms with E-state index in [4.69, 9.17) is 4.74 Å². The average molecular weight is 322 g/mol. The maximum absolute atomic E-state index is 12.3. The third-order valence-corrected chi connectivity index (χ3v) is 6.02. The SMILES string of the molecule is CCCCCC1CCC([C@@H]2CC[C@@H](C(=O)OCC)C(=O)C2)CC1. The lowest BCUT2D eigenvalue weighted by molar-refractivity contribution is -0.153. The van der Waals surface area contributed by atoms with E-state index in [0.717, 1.165) is 12.3 Å². The predicted octanol–water partition coefficient (Wildman–Crippen LogP) is 4.92. The van der Waals surface area contributed by atoms with E-state index in [9.17, 15) is 9.59 Å². The number of hydrogen-bond donors (Lipinski definition) is 0. The summed E-state index contributed by atoms with van der Waals surface area (Å²) in [5.41, 5.74) is 0. The van der Waals surface area contributed by atoms with Gasteiger partial charge in [0.1, 0.15) is 11.7 Å². The molecule has 0 saturated heterocycles. The fourth-order valence-electron chi connectivity index (χ4n) is 4.57. The fourth-order valence-corrected chi connectivity index (χ4v) is 4.57. The summed E-state index contributed by atoms with van der Waals surface area (Å²) in [6, 6.07) is 0.